The zero-order valence-corrected chi connectivity index (χ0v) is 18.8. The van der Waals surface area contributed by atoms with Gasteiger partial charge in [-0.25, -0.2) is 9.59 Å². The summed E-state index contributed by atoms with van der Waals surface area (Å²) in [5.74, 6) is 0.642. The Bertz CT molecular complexity index is 840. The Balaban J connectivity index is 2.00. The van der Waals surface area contributed by atoms with Crippen molar-refractivity contribution < 1.29 is 33.0 Å². The molecule has 0 bridgehead atoms. The molecule has 0 N–H and O–H groups in total. The molecular formula is C25H32O7. The number of hydrogen-bond donors (Lipinski definition) is 0. The number of ether oxygens (including phenoxy) is 4. The van der Waals surface area contributed by atoms with E-state index in [1.807, 2.05) is 44.2 Å². The standard InChI is InChI=1S/C25H32O7/c1-3-5-14-29-24(26)18-31-22-13-12-20(9-7-10-21-11-8-16-28-21)17-23(22)32-19-25(27)30-15-6-4-2/h7-9,11-13,16-17H,3-6,10,14-15,18-19H2,1-2H3. The predicted octanol–water partition coefficient (Wildman–Crippen LogP) is 4.98. The summed E-state index contributed by atoms with van der Waals surface area (Å²) in [5.41, 5.74) is 0.851. The zero-order valence-electron chi connectivity index (χ0n) is 18.8. The van der Waals surface area contributed by atoms with Crippen molar-refractivity contribution in [3.63, 3.8) is 0 Å². The van der Waals surface area contributed by atoms with Gasteiger partial charge in [-0.3, -0.25) is 0 Å². The van der Waals surface area contributed by atoms with E-state index in [0.717, 1.165) is 37.0 Å². The summed E-state index contributed by atoms with van der Waals surface area (Å²) < 4.78 is 26.8. The Labute approximate surface area is 189 Å². The highest BCUT2D eigenvalue weighted by Crippen LogP contribution is 2.29. The van der Waals surface area contributed by atoms with E-state index in [0.29, 0.717) is 31.1 Å². The van der Waals surface area contributed by atoms with Gasteiger partial charge in [0, 0.05) is 6.42 Å². The van der Waals surface area contributed by atoms with Crippen molar-refractivity contribution >= 4 is 18.0 Å². The Morgan fingerprint density at radius 1 is 0.906 bits per heavy atom. The van der Waals surface area contributed by atoms with Crippen LogP contribution in [0.15, 0.2) is 47.1 Å². The van der Waals surface area contributed by atoms with Crippen molar-refractivity contribution in [1.82, 2.24) is 0 Å². The lowest BCUT2D eigenvalue weighted by Gasteiger charge is -2.13. The van der Waals surface area contributed by atoms with Crippen LogP contribution in [0.3, 0.4) is 0 Å². The third-order valence-corrected chi connectivity index (χ3v) is 4.39. The van der Waals surface area contributed by atoms with Gasteiger partial charge in [0.25, 0.3) is 0 Å². The minimum absolute atomic E-state index is 0.241. The maximum atomic E-state index is 11.9. The van der Waals surface area contributed by atoms with Crippen LogP contribution >= 0.6 is 0 Å². The lowest BCUT2D eigenvalue weighted by molar-refractivity contribution is -0.147. The predicted molar refractivity (Wildman–Crippen MR) is 121 cm³/mol. The van der Waals surface area contributed by atoms with E-state index in [-0.39, 0.29) is 13.2 Å². The van der Waals surface area contributed by atoms with Gasteiger partial charge < -0.3 is 23.4 Å². The number of carbonyl (C=O) groups excluding carboxylic acids is 2. The van der Waals surface area contributed by atoms with Gasteiger partial charge in [-0.1, -0.05) is 44.9 Å². The number of esters is 2. The number of hydrogen-bond acceptors (Lipinski definition) is 7. The van der Waals surface area contributed by atoms with E-state index in [9.17, 15) is 9.59 Å². The van der Waals surface area contributed by atoms with E-state index in [1.54, 1.807) is 18.4 Å². The summed E-state index contributed by atoms with van der Waals surface area (Å²) in [7, 11) is 0. The van der Waals surface area contributed by atoms with Crippen molar-refractivity contribution in [2.45, 2.75) is 46.0 Å². The first-order valence-electron chi connectivity index (χ1n) is 11.0. The number of furan rings is 1. The molecule has 0 aliphatic rings. The Kier molecular flexibility index (Phi) is 11.5. The number of benzene rings is 1. The molecule has 0 spiro atoms. The Morgan fingerprint density at radius 3 is 2.16 bits per heavy atom. The first-order valence-corrected chi connectivity index (χ1v) is 11.0. The fraction of sp³-hybridized carbons (Fsp3) is 0.440. The van der Waals surface area contributed by atoms with Crippen LogP contribution in [0.25, 0.3) is 6.08 Å². The fourth-order valence-corrected chi connectivity index (χ4v) is 2.62. The van der Waals surface area contributed by atoms with Gasteiger partial charge in [-0.15, -0.1) is 0 Å². The second-order valence-electron chi connectivity index (χ2n) is 7.12. The lowest BCUT2D eigenvalue weighted by atomic mass is 10.1. The Hall–Kier alpha value is -3.22. The third kappa shape index (κ3) is 9.73. The molecule has 1 aromatic heterocycles. The number of allylic oxidation sites excluding steroid dienone is 1. The molecular weight excluding hydrogens is 412 g/mol. The smallest absolute Gasteiger partial charge is 0.344 e. The van der Waals surface area contributed by atoms with Crippen LogP contribution in [-0.2, 0) is 25.5 Å². The monoisotopic (exact) mass is 444 g/mol. The van der Waals surface area contributed by atoms with Crippen LogP contribution in [0.1, 0.15) is 50.9 Å². The summed E-state index contributed by atoms with van der Waals surface area (Å²) in [4.78, 5) is 23.8. The Morgan fingerprint density at radius 2 is 1.56 bits per heavy atom. The van der Waals surface area contributed by atoms with Gasteiger partial charge in [0.05, 0.1) is 19.5 Å². The topological polar surface area (TPSA) is 84.2 Å². The fourth-order valence-electron chi connectivity index (χ4n) is 2.62. The highest BCUT2D eigenvalue weighted by Gasteiger charge is 2.12. The van der Waals surface area contributed by atoms with Gasteiger partial charge in [-0.2, -0.15) is 0 Å². The molecule has 0 radical (unpaired) electrons. The highest BCUT2D eigenvalue weighted by atomic mass is 16.6. The molecule has 0 saturated heterocycles. The van der Waals surface area contributed by atoms with Crippen LogP contribution < -0.4 is 9.47 Å². The molecule has 0 unspecified atom stereocenters. The molecule has 0 fully saturated rings. The zero-order chi connectivity index (χ0) is 23.0. The van der Waals surface area contributed by atoms with Crippen molar-refractivity contribution in [1.29, 1.82) is 0 Å². The van der Waals surface area contributed by atoms with E-state index in [2.05, 4.69) is 0 Å². The van der Waals surface area contributed by atoms with Gasteiger partial charge in [-0.05, 0) is 42.7 Å². The van der Waals surface area contributed by atoms with Crippen LogP contribution in [0.5, 0.6) is 11.5 Å². The normalized spacial score (nSPS) is 10.8. The van der Waals surface area contributed by atoms with E-state index >= 15 is 0 Å². The molecule has 1 heterocycles. The van der Waals surface area contributed by atoms with Crippen LogP contribution in [0.4, 0.5) is 0 Å². The summed E-state index contributed by atoms with van der Waals surface area (Å²) >= 11 is 0. The second-order valence-corrected chi connectivity index (χ2v) is 7.12. The maximum Gasteiger partial charge on any atom is 0.344 e. The molecule has 0 aliphatic carbocycles. The van der Waals surface area contributed by atoms with Crippen molar-refractivity contribution in [3.8, 4) is 11.5 Å². The van der Waals surface area contributed by atoms with Crippen molar-refractivity contribution in [2.75, 3.05) is 26.4 Å². The number of carbonyl (C=O) groups is 2. The average molecular weight is 445 g/mol. The van der Waals surface area contributed by atoms with Gasteiger partial charge in [0.2, 0.25) is 0 Å². The molecule has 2 rings (SSSR count). The van der Waals surface area contributed by atoms with Gasteiger partial charge in [0.1, 0.15) is 5.76 Å². The van der Waals surface area contributed by atoms with Crippen molar-refractivity contribution in [2.24, 2.45) is 0 Å². The molecule has 0 atom stereocenters. The summed E-state index contributed by atoms with van der Waals surface area (Å²) in [6.45, 7) is 4.28. The summed E-state index contributed by atoms with van der Waals surface area (Å²) in [6.07, 6.45) is 9.64. The molecule has 0 saturated carbocycles. The molecule has 32 heavy (non-hydrogen) atoms. The number of rotatable bonds is 15. The average Bonchev–Trinajstić information content (AvgIpc) is 3.31. The molecule has 0 amide bonds. The minimum atomic E-state index is -0.456. The SMILES string of the molecule is CCCCOC(=O)COc1ccc(C=CCc2ccco2)cc1OCC(=O)OCCCC. The molecule has 174 valence electrons. The van der Waals surface area contributed by atoms with Crippen molar-refractivity contribution in [3.05, 3.63) is 54.0 Å². The van der Waals surface area contributed by atoms with E-state index in [4.69, 9.17) is 23.4 Å². The third-order valence-electron chi connectivity index (χ3n) is 4.39. The van der Waals surface area contributed by atoms with Crippen LogP contribution in [0, 0.1) is 0 Å². The first kappa shape index (κ1) is 25.0. The second kappa shape index (κ2) is 14.7. The van der Waals surface area contributed by atoms with E-state index < -0.39 is 11.9 Å². The lowest BCUT2D eigenvalue weighted by Crippen LogP contribution is -2.18. The molecule has 0 aliphatic heterocycles. The largest absolute Gasteiger partial charge is 0.478 e. The quantitative estimate of drug-likeness (QED) is 0.283. The highest BCUT2D eigenvalue weighted by molar-refractivity contribution is 5.72. The van der Waals surface area contributed by atoms with Gasteiger partial charge >= 0.3 is 11.9 Å². The van der Waals surface area contributed by atoms with Crippen LogP contribution in [0.2, 0.25) is 0 Å². The van der Waals surface area contributed by atoms with Gasteiger partial charge in [0.15, 0.2) is 24.7 Å². The molecule has 7 heteroatoms. The van der Waals surface area contributed by atoms with E-state index in [1.165, 1.54) is 0 Å². The summed E-state index contributed by atoms with van der Waals surface area (Å²) in [5, 5.41) is 0. The summed E-state index contributed by atoms with van der Waals surface area (Å²) in [6, 6.07) is 9.02. The molecule has 2 aromatic rings. The number of unbranched alkanes of at least 4 members (excludes halogenated alkanes) is 2. The minimum Gasteiger partial charge on any atom is -0.478 e. The first-order chi connectivity index (χ1) is 15.6. The van der Waals surface area contributed by atoms with Crippen LogP contribution in [-0.4, -0.2) is 38.4 Å². The molecule has 1 aromatic carbocycles. The molecule has 7 nitrogen and oxygen atoms in total. The maximum absolute atomic E-state index is 11.9.